The standard InChI is InChI=1S/C9H15ClN2S2/c1-7(4-5-13-3)12(2)9-11-8(10)6-14-9/h6-7H,4-5H2,1-3H3. The Hall–Kier alpha value is 0.0700. The maximum atomic E-state index is 5.78. The quantitative estimate of drug-likeness (QED) is 0.797. The van der Waals surface area contributed by atoms with Crippen molar-refractivity contribution >= 4 is 39.8 Å². The zero-order valence-electron chi connectivity index (χ0n) is 8.66. The molecule has 80 valence electrons. The van der Waals surface area contributed by atoms with Crippen molar-refractivity contribution in [2.24, 2.45) is 0 Å². The molecule has 0 radical (unpaired) electrons. The lowest BCUT2D eigenvalue weighted by Gasteiger charge is -2.23. The number of rotatable bonds is 5. The van der Waals surface area contributed by atoms with E-state index in [0.717, 1.165) is 5.13 Å². The number of thioether (sulfide) groups is 1. The van der Waals surface area contributed by atoms with Crippen LogP contribution < -0.4 is 4.90 Å². The highest BCUT2D eigenvalue weighted by Gasteiger charge is 2.12. The zero-order chi connectivity index (χ0) is 10.6. The first-order chi connectivity index (χ1) is 6.65. The highest BCUT2D eigenvalue weighted by molar-refractivity contribution is 7.98. The van der Waals surface area contributed by atoms with E-state index in [-0.39, 0.29) is 0 Å². The van der Waals surface area contributed by atoms with Gasteiger partial charge in [-0.25, -0.2) is 4.98 Å². The highest BCUT2D eigenvalue weighted by Crippen LogP contribution is 2.24. The second-order valence-corrected chi connectivity index (χ2v) is 5.40. The van der Waals surface area contributed by atoms with E-state index < -0.39 is 0 Å². The number of halogens is 1. The maximum Gasteiger partial charge on any atom is 0.186 e. The summed E-state index contributed by atoms with van der Waals surface area (Å²) in [6, 6.07) is 0.518. The summed E-state index contributed by atoms with van der Waals surface area (Å²) in [7, 11) is 2.07. The number of nitrogens with zero attached hydrogens (tertiary/aromatic N) is 2. The van der Waals surface area contributed by atoms with Crippen LogP contribution in [-0.4, -0.2) is 30.1 Å². The van der Waals surface area contributed by atoms with Crippen LogP contribution in [0.2, 0.25) is 5.15 Å². The summed E-state index contributed by atoms with van der Waals surface area (Å²) in [6.45, 7) is 2.21. The van der Waals surface area contributed by atoms with Crippen LogP contribution in [0.5, 0.6) is 0 Å². The van der Waals surface area contributed by atoms with Crippen molar-refractivity contribution in [1.82, 2.24) is 4.98 Å². The smallest absolute Gasteiger partial charge is 0.186 e. The average molecular weight is 251 g/mol. The van der Waals surface area contributed by atoms with Crippen molar-refractivity contribution in [3.63, 3.8) is 0 Å². The van der Waals surface area contributed by atoms with Gasteiger partial charge in [0.15, 0.2) is 5.13 Å². The fourth-order valence-electron chi connectivity index (χ4n) is 1.08. The summed E-state index contributed by atoms with van der Waals surface area (Å²) in [4.78, 5) is 6.43. The minimum absolute atomic E-state index is 0.518. The zero-order valence-corrected chi connectivity index (χ0v) is 11.0. The first kappa shape index (κ1) is 12.1. The van der Waals surface area contributed by atoms with Crippen LogP contribution in [0.15, 0.2) is 5.38 Å². The lowest BCUT2D eigenvalue weighted by molar-refractivity contribution is 0.667. The molecule has 0 aliphatic rings. The van der Waals surface area contributed by atoms with E-state index in [1.807, 2.05) is 17.1 Å². The summed E-state index contributed by atoms with van der Waals surface area (Å²) in [5.74, 6) is 1.19. The van der Waals surface area contributed by atoms with Crippen molar-refractivity contribution in [3.8, 4) is 0 Å². The minimum Gasteiger partial charge on any atom is -0.348 e. The lowest BCUT2D eigenvalue weighted by atomic mass is 10.2. The van der Waals surface area contributed by atoms with Gasteiger partial charge in [-0.15, -0.1) is 11.3 Å². The number of anilines is 1. The molecule has 1 unspecified atom stereocenters. The molecule has 1 atom stereocenters. The molecule has 1 aromatic heterocycles. The van der Waals surface area contributed by atoms with Gasteiger partial charge in [0.2, 0.25) is 0 Å². The molecular formula is C9H15ClN2S2. The Balaban J connectivity index is 2.51. The monoisotopic (exact) mass is 250 g/mol. The molecule has 14 heavy (non-hydrogen) atoms. The second kappa shape index (κ2) is 5.83. The molecule has 0 N–H and O–H groups in total. The summed E-state index contributed by atoms with van der Waals surface area (Å²) < 4.78 is 0. The third-order valence-corrected chi connectivity index (χ3v) is 4.06. The molecule has 0 saturated carbocycles. The Bertz CT molecular complexity index is 278. The Labute approximate surface area is 98.7 Å². The molecule has 1 heterocycles. The fraction of sp³-hybridized carbons (Fsp3) is 0.667. The molecule has 0 saturated heterocycles. The van der Waals surface area contributed by atoms with Gasteiger partial charge in [-0.3, -0.25) is 0 Å². The van der Waals surface area contributed by atoms with Crippen LogP contribution in [0.25, 0.3) is 0 Å². The molecule has 5 heteroatoms. The Morgan fingerprint density at radius 2 is 2.43 bits per heavy atom. The van der Waals surface area contributed by atoms with Crippen LogP contribution in [0, 0.1) is 0 Å². The largest absolute Gasteiger partial charge is 0.348 e. The molecule has 0 aromatic carbocycles. The maximum absolute atomic E-state index is 5.78. The van der Waals surface area contributed by atoms with Gasteiger partial charge in [-0.2, -0.15) is 11.8 Å². The number of hydrogen-bond donors (Lipinski definition) is 0. The predicted octanol–water partition coefficient (Wildman–Crippen LogP) is 3.37. The Morgan fingerprint density at radius 3 is 2.93 bits per heavy atom. The van der Waals surface area contributed by atoms with Crippen molar-refractivity contribution in [2.45, 2.75) is 19.4 Å². The van der Waals surface area contributed by atoms with Gasteiger partial charge in [-0.1, -0.05) is 11.6 Å². The van der Waals surface area contributed by atoms with Gasteiger partial charge in [0.05, 0.1) is 0 Å². The summed E-state index contributed by atoms with van der Waals surface area (Å²) in [6.07, 6.45) is 3.31. The topological polar surface area (TPSA) is 16.1 Å². The van der Waals surface area contributed by atoms with Crippen molar-refractivity contribution < 1.29 is 0 Å². The van der Waals surface area contributed by atoms with Crippen molar-refractivity contribution in [2.75, 3.05) is 24.0 Å². The summed E-state index contributed by atoms with van der Waals surface area (Å²) in [5, 5.41) is 3.46. The first-order valence-corrected chi connectivity index (χ1v) is 7.13. The average Bonchev–Trinajstić information content (AvgIpc) is 2.60. The molecule has 0 amide bonds. The van der Waals surface area contributed by atoms with E-state index in [2.05, 4.69) is 30.1 Å². The summed E-state index contributed by atoms with van der Waals surface area (Å²) in [5.41, 5.74) is 0. The number of hydrogen-bond acceptors (Lipinski definition) is 4. The predicted molar refractivity (Wildman–Crippen MR) is 68.0 cm³/mol. The van der Waals surface area contributed by atoms with E-state index in [4.69, 9.17) is 11.6 Å². The van der Waals surface area contributed by atoms with Crippen LogP contribution in [-0.2, 0) is 0 Å². The Kier molecular flexibility index (Phi) is 5.06. The van der Waals surface area contributed by atoms with Gasteiger partial charge in [0, 0.05) is 18.5 Å². The SMILES string of the molecule is CSCCC(C)N(C)c1nc(Cl)cs1. The van der Waals surface area contributed by atoms with E-state index in [9.17, 15) is 0 Å². The lowest BCUT2D eigenvalue weighted by Crippen LogP contribution is -2.29. The third-order valence-electron chi connectivity index (χ3n) is 2.17. The molecule has 0 fully saturated rings. The van der Waals surface area contributed by atoms with E-state index in [1.165, 1.54) is 12.2 Å². The van der Waals surface area contributed by atoms with Gasteiger partial charge in [-0.05, 0) is 25.4 Å². The minimum atomic E-state index is 0.518. The number of thiazole rings is 1. The molecule has 0 spiro atoms. The molecule has 0 aliphatic heterocycles. The van der Waals surface area contributed by atoms with E-state index in [0.29, 0.717) is 11.2 Å². The number of aromatic nitrogens is 1. The first-order valence-electron chi connectivity index (χ1n) is 4.48. The summed E-state index contributed by atoms with van der Waals surface area (Å²) >= 11 is 9.26. The normalized spacial score (nSPS) is 12.9. The van der Waals surface area contributed by atoms with Gasteiger partial charge >= 0.3 is 0 Å². The molecule has 2 nitrogen and oxygen atoms in total. The molecule has 1 aromatic rings. The Morgan fingerprint density at radius 1 is 1.71 bits per heavy atom. The second-order valence-electron chi connectivity index (χ2n) is 3.19. The van der Waals surface area contributed by atoms with Crippen LogP contribution in [0.4, 0.5) is 5.13 Å². The van der Waals surface area contributed by atoms with Crippen molar-refractivity contribution in [1.29, 1.82) is 0 Å². The molecule has 1 rings (SSSR count). The third kappa shape index (κ3) is 3.33. The molecule has 0 bridgehead atoms. The van der Waals surface area contributed by atoms with Crippen LogP contribution >= 0.6 is 34.7 Å². The van der Waals surface area contributed by atoms with Gasteiger partial charge in [0.25, 0.3) is 0 Å². The van der Waals surface area contributed by atoms with Gasteiger partial charge < -0.3 is 4.90 Å². The highest BCUT2D eigenvalue weighted by atomic mass is 35.5. The van der Waals surface area contributed by atoms with Crippen LogP contribution in [0.3, 0.4) is 0 Å². The fourth-order valence-corrected chi connectivity index (χ4v) is 2.67. The van der Waals surface area contributed by atoms with E-state index >= 15 is 0 Å². The van der Waals surface area contributed by atoms with Crippen LogP contribution in [0.1, 0.15) is 13.3 Å². The molecular weight excluding hydrogens is 236 g/mol. The van der Waals surface area contributed by atoms with Gasteiger partial charge in [0.1, 0.15) is 5.15 Å². The van der Waals surface area contributed by atoms with Crippen molar-refractivity contribution in [3.05, 3.63) is 10.5 Å². The molecule has 0 aliphatic carbocycles. The van der Waals surface area contributed by atoms with E-state index in [1.54, 1.807) is 11.3 Å².